The molecule has 5 nitrogen and oxygen atoms in total. The summed E-state index contributed by atoms with van der Waals surface area (Å²) in [6.07, 6.45) is 3.28. The van der Waals surface area contributed by atoms with Gasteiger partial charge in [0.15, 0.2) is 0 Å². The van der Waals surface area contributed by atoms with Crippen molar-refractivity contribution in [3.05, 3.63) is 76.1 Å². The van der Waals surface area contributed by atoms with E-state index in [1.165, 1.54) is 0 Å². The van der Waals surface area contributed by atoms with Crippen LogP contribution in [0.4, 0.5) is 0 Å². The fourth-order valence-electron chi connectivity index (χ4n) is 4.10. The van der Waals surface area contributed by atoms with Gasteiger partial charge in [-0.05, 0) is 67.6 Å². The molecule has 0 atom stereocenters. The number of halogens is 1. The smallest absolute Gasteiger partial charge is 0.352 e. The van der Waals surface area contributed by atoms with Crippen LogP contribution in [-0.2, 0) is 13.5 Å². The van der Waals surface area contributed by atoms with Crippen molar-refractivity contribution in [2.24, 2.45) is 7.05 Å². The SMILES string of the molecule is Cc1cc(OCCCc2c(C(=O)O)[nH]c3c(-c4cccn4C)cccc23)cc(C)c1Cl. The van der Waals surface area contributed by atoms with Gasteiger partial charge in [-0.25, -0.2) is 4.79 Å². The molecule has 2 N–H and O–H groups in total. The predicted molar refractivity (Wildman–Crippen MR) is 124 cm³/mol. The third-order valence-corrected chi connectivity index (χ3v) is 6.22. The maximum Gasteiger partial charge on any atom is 0.352 e. The number of nitrogens with zero attached hydrogens (tertiary/aromatic N) is 1. The topological polar surface area (TPSA) is 67.2 Å². The van der Waals surface area contributed by atoms with E-state index in [9.17, 15) is 9.90 Å². The molecule has 4 aromatic rings. The highest BCUT2D eigenvalue weighted by Gasteiger charge is 2.19. The van der Waals surface area contributed by atoms with Crippen LogP contribution in [0.2, 0.25) is 5.02 Å². The molecule has 0 spiro atoms. The van der Waals surface area contributed by atoms with Crippen LogP contribution in [0.5, 0.6) is 5.75 Å². The van der Waals surface area contributed by atoms with Crippen molar-refractivity contribution in [3.63, 3.8) is 0 Å². The van der Waals surface area contributed by atoms with Crippen molar-refractivity contribution < 1.29 is 14.6 Å². The van der Waals surface area contributed by atoms with Crippen molar-refractivity contribution in [2.45, 2.75) is 26.7 Å². The average Bonchev–Trinajstić information content (AvgIpc) is 3.32. The van der Waals surface area contributed by atoms with Crippen LogP contribution in [0.3, 0.4) is 0 Å². The lowest BCUT2D eigenvalue weighted by Gasteiger charge is -2.10. The number of para-hydroxylation sites is 1. The molecular weight excluding hydrogens is 412 g/mol. The Morgan fingerprint density at radius 1 is 1.16 bits per heavy atom. The number of carboxylic acids is 1. The fourth-order valence-corrected chi connectivity index (χ4v) is 4.21. The molecule has 0 amide bonds. The monoisotopic (exact) mass is 436 g/mol. The Morgan fingerprint density at radius 3 is 2.55 bits per heavy atom. The highest BCUT2D eigenvalue weighted by Crippen LogP contribution is 2.33. The lowest BCUT2D eigenvalue weighted by atomic mass is 10.0. The van der Waals surface area contributed by atoms with Crippen molar-refractivity contribution in [1.29, 1.82) is 0 Å². The van der Waals surface area contributed by atoms with Crippen LogP contribution in [0.15, 0.2) is 48.7 Å². The van der Waals surface area contributed by atoms with Gasteiger partial charge in [-0.1, -0.05) is 29.8 Å². The molecule has 0 bridgehead atoms. The number of carbonyl (C=O) groups is 1. The second-order valence-electron chi connectivity index (χ2n) is 7.84. The van der Waals surface area contributed by atoms with E-state index in [0.717, 1.165) is 49.6 Å². The number of aromatic carboxylic acids is 1. The molecule has 0 aliphatic heterocycles. The number of carboxylic acid groups (broad SMARTS) is 1. The van der Waals surface area contributed by atoms with Gasteiger partial charge in [0.05, 0.1) is 12.1 Å². The standard InChI is InChI=1S/C25H25ClN2O3/c1-15-13-17(14-16(2)22(15)26)31-12-6-9-19-18-7-4-8-20(21-10-5-11-28(21)3)23(18)27-24(19)25(29)30/h4-5,7-8,10-11,13-14,27H,6,9,12H2,1-3H3,(H,29,30). The molecule has 0 aliphatic carbocycles. The Morgan fingerprint density at radius 2 is 1.90 bits per heavy atom. The summed E-state index contributed by atoms with van der Waals surface area (Å²) in [7, 11) is 1.98. The first-order valence-corrected chi connectivity index (χ1v) is 10.6. The summed E-state index contributed by atoms with van der Waals surface area (Å²) in [4.78, 5) is 15.1. The normalized spacial score (nSPS) is 11.2. The summed E-state index contributed by atoms with van der Waals surface area (Å²) >= 11 is 6.22. The van der Waals surface area contributed by atoms with E-state index in [2.05, 4.69) is 4.98 Å². The Balaban J connectivity index is 1.58. The minimum Gasteiger partial charge on any atom is -0.494 e. The molecule has 31 heavy (non-hydrogen) atoms. The first kappa shape index (κ1) is 21.1. The van der Waals surface area contributed by atoms with Crippen LogP contribution in [0.25, 0.3) is 22.2 Å². The lowest BCUT2D eigenvalue weighted by Crippen LogP contribution is -2.04. The molecule has 0 saturated heterocycles. The highest BCUT2D eigenvalue weighted by atomic mass is 35.5. The van der Waals surface area contributed by atoms with Gasteiger partial charge in [0.1, 0.15) is 11.4 Å². The number of aromatic nitrogens is 2. The number of aryl methyl sites for hydroxylation is 4. The number of fused-ring (bicyclic) bond motifs is 1. The van der Waals surface area contributed by atoms with Crippen LogP contribution in [0, 0.1) is 13.8 Å². The number of benzene rings is 2. The highest BCUT2D eigenvalue weighted by molar-refractivity contribution is 6.32. The molecule has 6 heteroatoms. The number of aromatic amines is 1. The minimum atomic E-state index is -0.950. The predicted octanol–water partition coefficient (Wildman–Crippen LogP) is 6.15. The van der Waals surface area contributed by atoms with E-state index in [-0.39, 0.29) is 5.69 Å². The maximum atomic E-state index is 11.9. The molecule has 4 rings (SSSR count). The van der Waals surface area contributed by atoms with Gasteiger partial charge in [0.25, 0.3) is 0 Å². The van der Waals surface area contributed by atoms with Crippen LogP contribution < -0.4 is 4.74 Å². The van der Waals surface area contributed by atoms with Gasteiger partial charge in [0, 0.05) is 34.9 Å². The van der Waals surface area contributed by atoms with E-state index < -0.39 is 5.97 Å². The molecular formula is C25H25ClN2O3. The summed E-state index contributed by atoms with van der Waals surface area (Å²) < 4.78 is 7.94. The lowest BCUT2D eigenvalue weighted by molar-refractivity contribution is 0.0690. The molecule has 2 aromatic heterocycles. The summed E-state index contributed by atoms with van der Waals surface area (Å²) in [6.45, 7) is 4.40. The van der Waals surface area contributed by atoms with Gasteiger partial charge >= 0.3 is 5.97 Å². The average molecular weight is 437 g/mol. The first-order valence-electron chi connectivity index (χ1n) is 10.2. The number of ether oxygens (including phenoxy) is 1. The Hall–Kier alpha value is -3.18. The molecule has 2 aromatic carbocycles. The number of H-pyrrole nitrogens is 1. The number of hydrogen-bond acceptors (Lipinski definition) is 2. The number of rotatable bonds is 7. The van der Waals surface area contributed by atoms with Crippen LogP contribution in [-0.4, -0.2) is 27.2 Å². The molecule has 2 heterocycles. The van der Waals surface area contributed by atoms with Crippen molar-refractivity contribution >= 4 is 28.5 Å². The summed E-state index contributed by atoms with van der Waals surface area (Å²) in [5.41, 5.74) is 5.89. The zero-order valence-corrected chi connectivity index (χ0v) is 18.6. The molecule has 0 fully saturated rings. The Kier molecular flexibility index (Phi) is 5.79. The Labute approximate surface area is 186 Å². The largest absolute Gasteiger partial charge is 0.494 e. The summed E-state index contributed by atoms with van der Waals surface area (Å²) in [5, 5.41) is 11.5. The van der Waals surface area contributed by atoms with Gasteiger partial charge < -0.3 is 19.4 Å². The third-order valence-electron chi connectivity index (χ3n) is 5.62. The third kappa shape index (κ3) is 4.06. The summed E-state index contributed by atoms with van der Waals surface area (Å²) in [6, 6.07) is 13.8. The zero-order chi connectivity index (χ0) is 22.1. The molecule has 0 saturated carbocycles. The molecule has 0 aliphatic rings. The van der Waals surface area contributed by atoms with Crippen molar-refractivity contribution in [2.75, 3.05) is 6.61 Å². The Bertz CT molecular complexity index is 1250. The number of nitrogens with one attached hydrogen (secondary N) is 1. The van der Waals surface area contributed by atoms with Crippen LogP contribution >= 0.6 is 11.6 Å². The van der Waals surface area contributed by atoms with Gasteiger partial charge in [-0.3, -0.25) is 0 Å². The van der Waals surface area contributed by atoms with Gasteiger partial charge in [-0.15, -0.1) is 0 Å². The van der Waals surface area contributed by atoms with E-state index >= 15 is 0 Å². The van der Waals surface area contributed by atoms with E-state index in [0.29, 0.717) is 19.4 Å². The quantitative estimate of drug-likeness (QED) is 0.341. The second-order valence-corrected chi connectivity index (χ2v) is 8.22. The second kappa shape index (κ2) is 8.52. The molecule has 0 unspecified atom stereocenters. The zero-order valence-electron chi connectivity index (χ0n) is 17.8. The van der Waals surface area contributed by atoms with Gasteiger partial charge in [-0.2, -0.15) is 0 Å². The summed E-state index contributed by atoms with van der Waals surface area (Å²) in [5.74, 6) is -0.170. The van der Waals surface area contributed by atoms with Crippen molar-refractivity contribution in [1.82, 2.24) is 9.55 Å². The van der Waals surface area contributed by atoms with Crippen LogP contribution in [0.1, 0.15) is 33.6 Å². The maximum absolute atomic E-state index is 11.9. The minimum absolute atomic E-state index is 0.245. The number of hydrogen-bond donors (Lipinski definition) is 2. The van der Waals surface area contributed by atoms with Crippen molar-refractivity contribution in [3.8, 4) is 17.0 Å². The molecule has 0 radical (unpaired) electrons. The first-order chi connectivity index (χ1) is 14.9. The van der Waals surface area contributed by atoms with E-state index in [4.69, 9.17) is 16.3 Å². The molecule has 160 valence electrons. The fraction of sp³-hybridized carbons (Fsp3) is 0.240. The van der Waals surface area contributed by atoms with Gasteiger partial charge in [0.2, 0.25) is 0 Å². The van der Waals surface area contributed by atoms with E-state index in [1.54, 1.807) is 0 Å². The van der Waals surface area contributed by atoms with E-state index in [1.807, 2.05) is 74.1 Å².